The summed E-state index contributed by atoms with van der Waals surface area (Å²) in [5, 5.41) is 1.54. The van der Waals surface area contributed by atoms with Crippen molar-refractivity contribution in [2.75, 3.05) is 6.16 Å². The maximum Gasteiger partial charge on any atom is -0.0240 e. The Morgan fingerprint density at radius 2 is 1.75 bits per heavy atom. The van der Waals surface area contributed by atoms with E-state index in [2.05, 4.69) is 39.8 Å². The van der Waals surface area contributed by atoms with Crippen LogP contribution in [-0.2, 0) is 0 Å². The van der Waals surface area contributed by atoms with Gasteiger partial charge in [0.15, 0.2) is 0 Å². The largest absolute Gasteiger partial charge is 0.0904 e. The first-order valence-corrected chi connectivity index (χ1v) is 5.68. The van der Waals surface area contributed by atoms with E-state index in [1.807, 2.05) is 0 Å². The second-order valence-electron chi connectivity index (χ2n) is 3.21. The van der Waals surface area contributed by atoms with E-state index in [1.165, 1.54) is 22.9 Å². The Hall–Kier alpha value is -0.350. The highest BCUT2D eigenvalue weighted by Crippen LogP contribution is 2.17. The van der Waals surface area contributed by atoms with Crippen molar-refractivity contribution in [3.8, 4) is 0 Å². The molecule has 1 atom stereocenters. The molecule has 0 saturated heterocycles. The Morgan fingerprint density at radius 1 is 1.08 bits per heavy atom. The summed E-state index contributed by atoms with van der Waals surface area (Å²) in [7, 11) is 0.979. The van der Waals surface area contributed by atoms with Gasteiger partial charge in [-0.3, -0.25) is 0 Å². The molecule has 0 heterocycles. The smallest absolute Gasteiger partial charge is 0.0240 e. The Bertz CT molecular complexity index is 277. The molecule has 0 aromatic heterocycles. The van der Waals surface area contributed by atoms with E-state index < -0.39 is 0 Å². The van der Waals surface area contributed by atoms with Crippen LogP contribution in [0, 0.1) is 20.8 Å². The number of aryl methyl sites for hydroxylation is 1. The van der Waals surface area contributed by atoms with Crippen molar-refractivity contribution in [2.24, 2.45) is 0 Å². The summed E-state index contributed by atoms with van der Waals surface area (Å²) in [5.74, 6) is 0. The van der Waals surface area contributed by atoms with E-state index in [-0.39, 0.29) is 0 Å². The average molecular weight is 180 g/mol. The van der Waals surface area contributed by atoms with Gasteiger partial charge in [0.2, 0.25) is 0 Å². The Balaban J connectivity index is 3.08. The van der Waals surface area contributed by atoms with E-state index in [0.29, 0.717) is 0 Å². The zero-order valence-electron chi connectivity index (χ0n) is 8.36. The molecule has 0 radical (unpaired) electrons. The van der Waals surface area contributed by atoms with Gasteiger partial charge in [0, 0.05) is 0 Å². The maximum atomic E-state index is 2.28. The van der Waals surface area contributed by atoms with Gasteiger partial charge < -0.3 is 0 Å². The molecule has 0 saturated carbocycles. The third-order valence-electron chi connectivity index (χ3n) is 2.43. The molecule has 1 rings (SSSR count). The molecule has 66 valence electrons. The van der Waals surface area contributed by atoms with Crippen LogP contribution in [0.4, 0.5) is 0 Å². The molecule has 0 amide bonds. The van der Waals surface area contributed by atoms with Crippen LogP contribution in [0.3, 0.4) is 0 Å². The van der Waals surface area contributed by atoms with Gasteiger partial charge in [0.1, 0.15) is 0 Å². The molecule has 0 fully saturated rings. The van der Waals surface area contributed by atoms with Crippen LogP contribution >= 0.6 is 8.58 Å². The van der Waals surface area contributed by atoms with Crippen molar-refractivity contribution < 1.29 is 0 Å². The van der Waals surface area contributed by atoms with E-state index in [4.69, 9.17) is 0 Å². The van der Waals surface area contributed by atoms with Gasteiger partial charge in [-0.2, -0.15) is 0 Å². The number of hydrogen-bond donors (Lipinski definition) is 0. The predicted octanol–water partition coefficient (Wildman–Crippen LogP) is 2.94. The van der Waals surface area contributed by atoms with Gasteiger partial charge >= 0.3 is 0 Å². The van der Waals surface area contributed by atoms with E-state index in [0.717, 1.165) is 8.58 Å². The molecule has 0 aliphatic heterocycles. The fraction of sp³-hybridized carbons (Fsp3) is 0.455. The molecule has 1 unspecified atom stereocenters. The zero-order chi connectivity index (χ0) is 9.14. The normalized spacial score (nSPS) is 11.3. The molecule has 1 aromatic rings. The lowest BCUT2D eigenvalue weighted by Gasteiger charge is -2.09. The van der Waals surface area contributed by atoms with Crippen LogP contribution in [-0.4, -0.2) is 6.16 Å². The summed E-state index contributed by atoms with van der Waals surface area (Å²) in [6.07, 6.45) is 1.27. The fourth-order valence-electron chi connectivity index (χ4n) is 1.34. The van der Waals surface area contributed by atoms with Crippen LogP contribution in [0.15, 0.2) is 12.1 Å². The topological polar surface area (TPSA) is 0 Å². The van der Waals surface area contributed by atoms with Gasteiger partial charge in [-0.05, 0) is 48.9 Å². The number of benzene rings is 1. The van der Waals surface area contributed by atoms with E-state index >= 15 is 0 Å². The molecule has 0 spiro atoms. The second kappa shape index (κ2) is 4.05. The minimum Gasteiger partial charge on any atom is -0.0904 e. The van der Waals surface area contributed by atoms with Crippen molar-refractivity contribution in [1.82, 2.24) is 0 Å². The minimum atomic E-state index is 0.979. The lowest BCUT2D eigenvalue weighted by Crippen LogP contribution is -2.03. The lowest BCUT2D eigenvalue weighted by molar-refractivity contribution is 1.28. The van der Waals surface area contributed by atoms with Crippen molar-refractivity contribution in [3.63, 3.8) is 0 Å². The van der Waals surface area contributed by atoms with Gasteiger partial charge in [-0.15, -0.1) is 0 Å². The Kier molecular flexibility index (Phi) is 3.29. The first-order valence-electron chi connectivity index (χ1n) is 4.47. The molecule has 1 aromatic carbocycles. The van der Waals surface area contributed by atoms with Gasteiger partial charge in [0.05, 0.1) is 0 Å². The van der Waals surface area contributed by atoms with Crippen LogP contribution in [0.5, 0.6) is 0 Å². The molecule has 1 heteroatoms. The Morgan fingerprint density at radius 3 is 2.33 bits per heavy atom. The molecule has 0 nitrogen and oxygen atoms in total. The van der Waals surface area contributed by atoms with Gasteiger partial charge in [0.25, 0.3) is 0 Å². The number of hydrogen-bond acceptors (Lipinski definition) is 0. The number of rotatable bonds is 2. The predicted molar refractivity (Wildman–Crippen MR) is 59.1 cm³/mol. The summed E-state index contributed by atoms with van der Waals surface area (Å²) in [4.78, 5) is 0. The van der Waals surface area contributed by atoms with Crippen LogP contribution in [0.2, 0.25) is 0 Å². The SMILES string of the molecule is CCPc1ccc(C)c(C)c1C. The molecule has 0 aliphatic rings. The van der Waals surface area contributed by atoms with Crippen molar-refractivity contribution in [3.05, 3.63) is 28.8 Å². The van der Waals surface area contributed by atoms with E-state index in [9.17, 15) is 0 Å². The van der Waals surface area contributed by atoms with E-state index in [1.54, 1.807) is 5.30 Å². The van der Waals surface area contributed by atoms with Crippen LogP contribution < -0.4 is 5.30 Å². The standard InChI is InChI=1S/C11H17P/c1-5-12-11-7-6-8(2)9(3)10(11)4/h6-7,12H,5H2,1-4H3. The Labute approximate surface area is 77.2 Å². The second-order valence-corrected chi connectivity index (χ2v) is 4.81. The molecule has 0 bridgehead atoms. The first-order chi connectivity index (χ1) is 5.66. The maximum absolute atomic E-state index is 2.28. The fourth-order valence-corrected chi connectivity index (χ4v) is 2.37. The summed E-state index contributed by atoms with van der Waals surface area (Å²) < 4.78 is 0. The summed E-state index contributed by atoms with van der Waals surface area (Å²) >= 11 is 0. The van der Waals surface area contributed by atoms with Gasteiger partial charge in [-0.25, -0.2) is 0 Å². The van der Waals surface area contributed by atoms with Crippen LogP contribution in [0.25, 0.3) is 0 Å². The summed E-state index contributed by atoms with van der Waals surface area (Å²) in [6.45, 7) is 8.88. The lowest BCUT2D eigenvalue weighted by atomic mass is 10.1. The molecule has 12 heavy (non-hydrogen) atoms. The molecular formula is C11H17P. The highest BCUT2D eigenvalue weighted by Gasteiger charge is 2.01. The van der Waals surface area contributed by atoms with Gasteiger partial charge in [-0.1, -0.05) is 27.6 Å². The molecular weight excluding hydrogens is 163 g/mol. The highest BCUT2D eigenvalue weighted by atomic mass is 31.1. The minimum absolute atomic E-state index is 0.979. The van der Waals surface area contributed by atoms with Crippen LogP contribution in [0.1, 0.15) is 23.6 Å². The summed E-state index contributed by atoms with van der Waals surface area (Å²) in [5.41, 5.74) is 4.38. The third-order valence-corrected chi connectivity index (χ3v) is 3.70. The molecule has 0 N–H and O–H groups in total. The van der Waals surface area contributed by atoms with Crippen molar-refractivity contribution in [2.45, 2.75) is 27.7 Å². The van der Waals surface area contributed by atoms with Crippen molar-refractivity contribution >= 4 is 13.9 Å². The first kappa shape index (κ1) is 9.74. The van der Waals surface area contributed by atoms with Crippen molar-refractivity contribution in [1.29, 1.82) is 0 Å². The highest BCUT2D eigenvalue weighted by molar-refractivity contribution is 7.47. The quantitative estimate of drug-likeness (QED) is 0.614. The zero-order valence-corrected chi connectivity index (χ0v) is 9.36. The third kappa shape index (κ3) is 1.87. The molecule has 0 aliphatic carbocycles. The summed E-state index contributed by atoms with van der Waals surface area (Å²) in [6, 6.07) is 4.51. The average Bonchev–Trinajstić information content (AvgIpc) is 2.07. The monoisotopic (exact) mass is 180 g/mol.